The minimum absolute atomic E-state index is 0.466. The van der Waals surface area contributed by atoms with Gasteiger partial charge in [-0.15, -0.1) is 0 Å². The minimum Gasteiger partial charge on any atom is -0.472 e. The van der Waals surface area contributed by atoms with Crippen molar-refractivity contribution >= 4 is 0 Å². The molecule has 0 unspecified atom stereocenters. The second-order valence-corrected chi connectivity index (χ2v) is 3.60. The molecule has 0 aromatic carbocycles. The van der Waals surface area contributed by atoms with E-state index in [9.17, 15) is 0 Å². The number of hydrogen-bond acceptors (Lipinski definition) is 4. The van der Waals surface area contributed by atoms with Crippen LogP contribution in [-0.4, -0.2) is 22.6 Å². The molecule has 1 aromatic heterocycles. The van der Waals surface area contributed by atoms with Gasteiger partial charge in [-0.25, -0.2) is 4.98 Å². The molecule has 4 nitrogen and oxygen atoms in total. The van der Waals surface area contributed by atoms with E-state index >= 15 is 0 Å². The SMILES string of the molecule is C=CCOc1cncc(CNC2CC2)n1. The molecular weight excluding hydrogens is 190 g/mol. The van der Waals surface area contributed by atoms with Gasteiger partial charge < -0.3 is 10.1 Å². The van der Waals surface area contributed by atoms with Gasteiger partial charge in [0.05, 0.1) is 11.9 Å². The summed E-state index contributed by atoms with van der Waals surface area (Å²) in [4.78, 5) is 8.39. The van der Waals surface area contributed by atoms with E-state index in [-0.39, 0.29) is 0 Å². The average Bonchev–Trinajstić information content (AvgIpc) is 3.08. The van der Waals surface area contributed by atoms with Gasteiger partial charge in [-0.2, -0.15) is 0 Å². The largest absolute Gasteiger partial charge is 0.472 e. The smallest absolute Gasteiger partial charge is 0.232 e. The topological polar surface area (TPSA) is 47.0 Å². The first-order valence-corrected chi connectivity index (χ1v) is 5.16. The van der Waals surface area contributed by atoms with Crippen molar-refractivity contribution in [1.29, 1.82) is 0 Å². The lowest BCUT2D eigenvalue weighted by Gasteiger charge is -2.04. The van der Waals surface area contributed by atoms with Crippen LogP contribution in [0.3, 0.4) is 0 Å². The molecule has 1 aliphatic rings. The zero-order chi connectivity index (χ0) is 10.5. The Balaban J connectivity index is 1.88. The zero-order valence-corrected chi connectivity index (χ0v) is 8.65. The third-order valence-corrected chi connectivity index (χ3v) is 2.16. The number of ether oxygens (including phenoxy) is 1. The number of nitrogens with zero attached hydrogens (tertiary/aromatic N) is 2. The second kappa shape index (κ2) is 4.89. The lowest BCUT2D eigenvalue weighted by atomic mass is 10.4. The van der Waals surface area contributed by atoms with Crippen LogP contribution in [0, 0.1) is 0 Å². The van der Waals surface area contributed by atoms with Crippen molar-refractivity contribution < 1.29 is 4.74 Å². The van der Waals surface area contributed by atoms with Gasteiger partial charge in [-0.1, -0.05) is 12.7 Å². The average molecular weight is 205 g/mol. The van der Waals surface area contributed by atoms with E-state index in [0.717, 1.165) is 12.2 Å². The van der Waals surface area contributed by atoms with Gasteiger partial charge >= 0.3 is 0 Å². The molecule has 1 N–H and O–H groups in total. The molecule has 0 saturated heterocycles. The normalized spacial score (nSPS) is 14.9. The summed E-state index contributed by atoms with van der Waals surface area (Å²) in [6, 6.07) is 0.685. The van der Waals surface area contributed by atoms with Crippen molar-refractivity contribution in [2.75, 3.05) is 6.61 Å². The maximum atomic E-state index is 5.30. The van der Waals surface area contributed by atoms with Crippen LogP contribution in [0.4, 0.5) is 0 Å². The van der Waals surface area contributed by atoms with E-state index in [1.54, 1.807) is 18.5 Å². The predicted molar refractivity (Wildman–Crippen MR) is 57.6 cm³/mol. The summed E-state index contributed by atoms with van der Waals surface area (Å²) in [7, 11) is 0. The lowest BCUT2D eigenvalue weighted by Crippen LogP contribution is -2.16. The molecule has 0 bridgehead atoms. The Morgan fingerprint density at radius 1 is 1.53 bits per heavy atom. The van der Waals surface area contributed by atoms with Crippen LogP contribution in [-0.2, 0) is 6.54 Å². The summed E-state index contributed by atoms with van der Waals surface area (Å²) < 4.78 is 5.30. The van der Waals surface area contributed by atoms with E-state index in [1.807, 2.05) is 0 Å². The van der Waals surface area contributed by atoms with Crippen LogP contribution in [0.15, 0.2) is 25.0 Å². The fourth-order valence-corrected chi connectivity index (χ4v) is 1.22. The monoisotopic (exact) mass is 205 g/mol. The number of rotatable bonds is 6. The summed E-state index contributed by atoms with van der Waals surface area (Å²) in [6.45, 7) is 4.81. The summed E-state index contributed by atoms with van der Waals surface area (Å²) in [5, 5.41) is 3.38. The Morgan fingerprint density at radius 3 is 3.13 bits per heavy atom. The van der Waals surface area contributed by atoms with Crippen molar-refractivity contribution in [3.63, 3.8) is 0 Å². The highest BCUT2D eigenvalue weighted by molar-refractivity contribution is 5.08. The van der Waals surface area contributed by atoms with E-state index in [1.165, 1.54) is 12.8 Å². The number of hydrogen-bond donors (Lipinski definition) is 1. The van der Waals surface area contributed by atoms with Crippen LogP contribution >= 0.6 is 0 Å². The number of nitrogens with one attached hydrogen (secondary N) is 1. The first kappa shape index (κ1) is 10.1. The summed E-state index contributed by atoms with van der Waals surface area (Å²) >= 11 is 0. The van der Waals surface area contributed by atoms with Gasteiger partial charge in [0.1, 0.15) is 6.61 Å². The van der Waals surface area contributed by atoms with Crippen molar-refractivity contribution in [1.82, 2.24) is 15.3 Å². The van der Waals surface area contributed by atoms with E-state index in [2.05, 4.69) is 21.9 Å². The Labute approximate surface area is 89.4 Å². The molecule has 1 saturated carbocycles. The fourth-order valence-electron chi connectivity index (χ4n) is 1.22. The number of aromatic nitrogens is 2. The van der Waals surface area contributed by atoms with Gasteiger partial charge in [0.15, 0.2) is 0 Å². The highest BCUT2D eigenvalue weighted by Crippen LogP contribution is 2.19. The Morgan fingerprint density at radius 2 is 2.40 bits per heavy atom. The molecular formula is C11H15N3O. The van der Waals surface area contributed by atoms with Crippen molar-refractivity contribution in [3.8, 4) is 5.88 Å². The lowest BCUT2D eigenvalue weighted by molar-refractivity contribution is 0.345. The maximum absolute atomic E-state index is 5.30. The third kappa shape index (κ3) is 3.32. The summed E-state index contributed by atoms with van der Waals surface area (Å²) in [5.41, 5.74) is 0.920. The first-order chi connectivity index (χ1) is 7.38. The molecule has 1 aliphatic carbocycles. The van der Waals surface area contributed by atoms with Crippen LogP contribution < -0.4 is 10.1 Å². The molecule has 4 heteroatoms. The van der Waals surface area contributed by atoms with Gasteiger partial charge in [0.25, 0.3) is 0 Å². The van der Waals surface area contributed by atoms with Crippen molar-refractivity contribution in [2.24, 2.45) is 0 Å². The highest BCUT2D eigenvalue weighted by atomic mass is 16.5. The quantitative estimate of drug-likeness (QED) is 0.711. The molecule has 2 rings (SSSR count). The molecule has 0 atom stereocenters. The molecule has 1 fully saturated rings. The van der Waals surface area contributed by atoms with Gasteiger partial charge in [-0.3, -0.25) is 4.98 Å². The molecule has 1 heterocycles. The minimum atomic E-state index is 0.466. The summed E-state index contributed by atoms with van der Waals surface area (Å²) in [5.74, 6) is 0.560. The summed E-state index contributed by atoms with van der Waals surface area (Å²) in [6.07, 6.45) is 7.62. The molecule has 1 aromatic rings. The first-order valence-electron chi connectivity index (χ1n) is 5.16. The van der Waals surface area contributed by atoms with Gasteiger partial charge in [0.2, 0.25) is 5.88 Å². The van der Waals surface area contributed by atoms with E-state index in [0.29, 0.717) is 18.5 Å². The standard InChI is InChI=1S/C11H15N3O/c1-2-5-15-11-8-12-6-10(14-11)7-13-9-3-4-9/h2,6,8-9,13H,1,3-5,7H2. The Bertz CT molecular complexity index is 336. The van der Waals surface area contributed by atoms with E-state index < -0.39 is 0 Å². The molecule has 0 radical (unpaired) electrons. The van der Waals surface area contributed by atoms with Crippen LogP contribution in [0.1, 0.15) is 18.5 Å². The Hall–Kier alpha value is -1.42. The molecule has 0 spiro atoms. The predicted octanol–water partition coefficient (Wildman–Crippen LogP) is 1.29. The molecule has 15 heavy (non-hydrogen) atoms. The van der Waals surface area contributed by atoms with Crippen LogP contribution in [0.5, 0.6) is 5.88 Å². The van der Waals surface area contributed by atoms with Crippen molar-refractivity contribution in [3.05, 3.63) is 30.7 Å². The molecule has 80 valence electrons. The molecule has 0 amide bonds. The van der Waals surface area contributed by atoms with Crippen LogP contribution in [0.2, 0.25) is 0 Å². The van der Waals surface area contributed by atoms with Crippen molar-refractivity contribution in [2.45, 2.75) is 25.4 Å². The second-order valence-electron chi connectivity index (χ2n) is 3.60. The highest BCUT2D eigenvalue weighted by Gasteiger charge is 2.20. The van der Waals surface area contributed by atoms with Crippen LogP contribution in [0.25, 0.3) is 0 Å². The fraction of sp³-hybridized carbons (Fsp3) is 0.455. The van der Waals surface area contributed by atoms with Gasteiger partial charge in [0, 0.05) is 18.8 Å². The third-order valence-electron chi connectivity index (χ3n) is 2.16. The van der Waals surface area contributed by atoms with Gasteiger partial charge in [-0.05, 0) is 12.8 Å². The van der Waals surface area contributed by atoms with E-state index in [4.69, 9.17) is 4.74 Å². The maximum Gasteiger partial charge on any atom is 0.232 e. The Kier molecular flexibility index (Phi) is 3.29. The zero-order valence-electron chi connectivity index (χ0n) is 8.65. The molecule has 0 aliphatic heterocycles.